The fourth-order valence-electron chi connectivity index (χ4n) is 0.280. The average molecular weight is 217 g/mol. The Bertz CT molecular complexity index is 140. The van der Waals surface area contributed by atoms with Crippen LogP contribution in [-0.4, -0.2) is 24.5 Å². The predicted molar refractivity (Wildman–Crippen MR) is 27.7 cm³/mol. The molecule has 1 nitrogen and oxygen atoms in total. The van der Waals surface area contributed by atoms with Crippen LogP contribution >= 0.6 is 11.6 Å². The van der Waals surface area contributed by atoms with Crippen LogP contribution in [0.1, 0.15) is 0 Å². The molecule has 74 valence electrons. The van der Waals surface area contributed by atoms with Crippen molar-refractivity contribution in [2.24, 2.45) is 0 Å². The summed E-state index contributed by atoms with van der Waals surface area (Å²) in [5.74, 6) is -4.78. The van der Waals surface area contributed by atoms with Crippen LogP contribution in [0, 0.1) is 0 Å². The second-order valence-electron chi connectivity index (χ2n) is 1.69. The predicted octanol–water partition coefficient (Wildman–Crippen LogP) is 2.69. The molecule has 0 saturated carbocycles. The molecule has 0 spiro atoms. The van der Waals surface area contributed by atoms with E-state index < -0.39 is 24.5 Å². The van der Waals surface area contributed by atoms with Crippen molar-refractivity contribution in [2.45, 2.75) is 24.5 Å². The van der Waals surface area contributed by atoms with E-state index in [1.54, 1.807) is 0 Å². The van der Waals surface area contributed by atoms with Crippen molar-refractivity contribution < 1.29 is 31.1 Å². The largest absolute Gasteiger partial charge is 0.346 e. The summed E-state index contributed by atoms with van der Waals surface area (Å²) in [6, 6.07) is 0. The van der Waals surface area contributed by atoms with Gasteiger partial charge in [0.05, 0.1) is 0 Å². The summed E-state index contributed by atoms with van der Waals surface area (Å²) in [5.41, 5.74) is -3.03. The SMILES string of the molecule is FC(F)OC(Cl)C(F)(F)C(F)F. The second-order valence-corrected chi connectivity index (χ2v) is 2.08. The first-order valence-corrected chi connectivity index (χ1v) is 2.95. The molecule has 0 radical (unpaired) electrons. The standard InChI is InChI=1S/C4H3ClF6O/c5-1(12-3(8)9)4(10,11)2(6)7/h1-3H. The third-order valence-corrected chi connectivity index (χ3v) is 1.21. The van der Waals surface area contributed by atoms with Crippen molar-refractivity contribution in [3.8, 4) is 0 Å². The van der Waals surface area contributed by atoms with Crippen molar-refractivity contribution in [2.75, 3.05) is 0 Å². The van der Waals surface area contributed by atoms with E-state index in [2.05, 4.69) is 16.3 Å². The van der Waals surface area contributed by atoms with Crippen LogP contribution < -0.4 is 0 Å². The molecule has 0 aromatic carbocycles. The van der Waals surface area contributed by atoms with Gasteiger partial charge in [-0.05, 0) is 0 Å². The lowest BCUT2D eigenvalue weighted by molar-refractivity contribution is -0.234. The summed E-state index contributed by atoms with van der Waals surface area (Å²) in [6.07, 6.45) is -4.14. The lowest BCUT2D eigenvalue weighted by atomic mass is 10.4. The Morgan fingerprint density at radius 2 is 1.50 bits per heavy atom. The monoisotopic (exact) mass is 216 g/mol. The Labute approximate surface area is 68.2 Å². The van der Waals surface area contributed by atoms with Gasteiger partial charge < -0.3 is 0 Å². The average Bonchev–Trinajstić information content (AvgIpc) is 1.85. The fraction of sp³-hybridized carbons (Fsp3) is 1.00. The molecule has 0 N–H and O–H groups in total. The van der Waals surface area contributed by atoms with Crippen molar-refractivity contribution in [1.29, 1.82) is 0 Å². The van der Waals surface area contributed by atoms with E-state index in [4.69, 9.17) is 0 Å². The molecule has 0 rings (SSSR count). The first-order valence-electron chi connectivity index (χ1n) is 2.52. The number of hydrogen-bond acceptors (Lipinski definition) is 1. The summed E-state index contributed by atoms with van der Waals surface area (Å²) in [5, 5.41) is 0. The van der Waals surface area contributed by atoms with E-state index in [0.29, 0.717) is 0 Å². The number of rotatable bonds is 4. The molecular weight excluding hydrogens is 213 g/mol. The molecule has 0 saturated heterocycles. The molecule has 1 unspecified atom stereocenters. The van der Waals surface area contributed by atoms with E-state index in [1.165, 1.54) is 0 Å². The van der Waals surface area contributed by atoms with Crippen LogP contribution in [0.15, 0.2) is 0 Å². The Hall–Kier alpha value is -0.170. The van der Waals surface area contributed by atoms with Crippen molar-refractivity contribution in [3.63, 3.8) is 0 Å². The lowest BCUT2D eigenvalue weighted by Crippen LogP contribution is -2.39. The van der Waals surface area contributed by atoms with Crippen molar-refractivity contribution in [3.05, 3.63) is 0 Å². The molecule has 0 bridgehead atoms. The molecule has 0 amide bonds. The Kier molecular flexibility index (Phi) is 4.12. The summed E-state index contributed by atoms with van der Waals surface area (Å²) in [4.78, 5) is 0. The zero-order valence-electron chi connectivity index (χ0n) is 5.29. The molecular formula is C4H3ClF6O. The molecule has 0 aliphatic carbocycles. The molecule has 0 aromatic rings. The summed E-state index contributed by atoms with van der Waals surface area (Å²) in [6.45, 7) is -3.61. The maximum Gasteiger partial charge on any atom is 0.346 e. The molecule has 0 fully saturated rings. The Balaban J connectivity index is 4.15. The van der Waals surface area contributed by atoms with Gasteiger partial charge in [0.1, 0.15) is 0 Å². The normalized spacial score (nSPS) is 15.8. The quantitative estimate of drug-likeness (QED) is 0.519. The van der Waals surface area contributed by atoms with Crippen LogP contribution in [0.4, 0.5) is 26.3 Å². The molecule has 0 aliphatic heterocycles. The van der Waals surface area contributed by atoms with Crippen molar-refractivity contribution in [1.82, 2.24) is 0 Å². The highest BCUT2D eigenvalue weighted by Gasteiger charge is 2.50. The lowest BCUT2D eigenvalue weighted by Gasteiger charge is -2.20. The third-order valence-electron chi connectivity index (χ3n) is 0.816. The highest BCUT2D eigenvalue weighted by atomic mass is 35.5. The highest BCUT2D eigenvalue weighted by molar-refractivity contribution is 6.20. The molecule has 0 aromatic heterocycles. The maximum atomic E-state index is 12.0. The third kappa shape index (κ3) is 3.06. The zero-order chi connectivity index (χ0) is 9.94. The van der Waals surface area contributed by atoms with Gasteiger partial charge in [-0.3, -0.25) is 4.74 Å². The number of alkyl halides is 7. The number of ether oxygens (including phenoxy) is 1. The van der Waals surface area contributed by atoms with E-state index >= 15 is 0 Å². The van der Waals surface area contributed by atoms with Gasteiger partial charge in [-0.15, -0.1) is 0 Å². The van der Waals surface area contributed by atoms with Crippen molar-refractivity contribution >= 4 is 11.6 Å². The summed E-state index contributed by atoms with van der Waals surface area (Å²) in [7, 11) is 0. The Morgan fingerprint density at radius 3 is 1.75 bits per heavy atom. The minimum atomic E-state index is -4.78. The fourth-order valence-corrected chi connectivity index (χ4v) is 0.453. The molecule has 0 aliphatic rings. The zero-order valence-corrected chi connectivity index (χ0v) is 6.04. The minimum absolute atomic E-state index is 2.98. The molecule has 0 heterocycles. The smallest absolute Gasteiger partial charge is 0.297 e. The van der Waals surface area contributed by atoms with E-state index in [0.717, 1.165) is 0 Å². The molecule has 1 atom stereocenters. The van der Waals surface area contributed by atoms with Crippen LogP contribution in [0.5, 0.6) is 0 Å². The van der Waals surface area contributed by atoms with E-state index in [-0.39, 0.29) is 0 Å². The van der Waals surface area contributed by atoms with Crippen LogP contribution in [0.3, 0.4) is 0 Å². The van der Waals surface area contributed by atoms with E-state index in [1.807, 2.05) is 0 Å². The first kappa shape index (κ1) is 11.8. The van der Waals surface area contributed by atoms with Crippen LogP contribution in [0.25, 0.3) is 0 Å². The van der Waals surface area contributed by atoms with E-state index in [9.17, 15) is 26.3 Å². The maximum absolute atomic E-state index is 12.0. The Morgan fingerprint density at radius 1 is 1.08 bits per heavy atom. The topological polar surface area (TPSA) is 9.23 Å². The second kappa shape index (κ2) is 4.18. The van der Waals surface area contributed by atoms with Crippen LogP contribution in [0.2, 0.25) is 0 Å². The summed E-state index contributed by atoms with van der Waals surface area (Å²) >= 11 is 4.43. The first-order chi connectivity index (χ1) is 5.28. The van der Waals surface area contributed by atoms with Gasteiger partial charge in [0.15, 0.2) is 0 Å². The minimum Gasteiger partial charge on any atom is -0.297 e. The molecule has 12 heavy (non-hydrogen) atoms. The number of hydrogen-bond donors (Lipinski definition) is 0. The van der Waals surface area contributed by atoms with Gasteiger partial charge >= 0.3 is 19.0 Å². The van der Waals surface area contributed by atoms with Gasteiger partial charge in [-0.1, -0.05) is 11.6 Å². The highest BCUT2D eigenvalue weighted by Crippen LogP contribution is 2.31. The van der Waals surface area contributed by atoms with Gasteiger partial charge in [-0.25, -0.2) is 8.78 Å². The van der Waals surface area contributed by atoms with Gasteiger partial charge in [0.2, 0.25) is 5.56 Å². The van der Waals surface area contributed by atoms with Gasteiger partial charge in [0.25, 0.3) is 0 Å². The van der Waals surface area contributed by atoms with Crippen LogP contribution in [-0.2, 0) is 4.74 Å². The van der Waals surface area contributed by atoms with Gasteiger partial charge in [-0.2, -0.15) is 17.6 Å². The summed E-state index contributed by atoms with van der Waals surface area (Å²) < 4.78 is 72.0. The van der Waals surface area contributed by atoms with Gasteiger partial charge in [0, 0.05) is 0 Å². The molecule has 8 heteroatoms. The number of halogens is 7.